The van der Waals surface area contributed by atoms with E-state index < -0.39 is 11.4 Å². The van der Waals surface area contributed by atoms with Crippen molar-refractivity contribution < 1.29 is 14.7 Å². The summed E-state index contributed by atoms with van der Waals surface area (Å²) in [5.41, 5.74) is 0.522. The van der Waals surface area contributed by atoms with Gasteiger partial charge in [0.15, 0.2) is 5.78 Å². The van der Waals surface area contributed by atoms with E-state index in [0.29, 0.717) is 5.56 Å². The van der Waals surface area contributed by atoms with E-state index in [4.69, 9.17) is 5.11 Å². The van der Waals surface area contributed by atoms with Crippen molar-refractivity contribution in [3.8, 4) is 0 Å². The monoisotopic (exact) mass is 247 g/mol. The number of nitrogens with zero attached hydrogens (tertiary/aromatic N) is 1. The van der Waals surface area contributed by atoms with Crippen molar-refractivity contribution in [1.29, 1.82) is 0 Å². The number of aliphatic carboxylic acids is 1. The fraction of sp³-hybridized carbons (Fsp3) is 0.357. The number of Topliss-reactive ketones (excluding diaryl/α,β-unsaturated/α-hetero) is 1. The summed E-state index contributed by atoms with van der Waals surface area (Å²) < 4.78 is 0. The van der Waals surface area contributed by atoms with Gasteiger partial charge < -0.3 is 5.11 Å². The van der Waals surface area contributed by atoms with Gasteiger partial charge in [-0.2, -0.15) is 0 Å². The Morgan fingerprint density at radius 2 is 1.94 bits per heavy atom. The molecule has 4 nitrogen and oxygen atoms in total. The predicted molar refractivity (Wildman–Crippen MR) is 69.0 cm³/mol. The minimum Gasteiger partial charge on any atom is -0.478 e. The van der Waals surface area contributed by atoms with Gasteiger partial charge in [-0.3, -0.25) is 9.78 Å². The number of carbonyl (C=O) groups is 2. The van der Waals surface area contributed by atoms with Crippen LogP contribution in [0.5, 0.6) is 0 Å². The molecule has 0 aliphatic carbocycles. The molecule has 0 saturated heterocycles. The predicted octanol–water partition coefficient (Wildman–Crippen LogP) is 2.47. The van der Waals surface area contributed by atoms with Gasteiger partial charge in [-0.15, -0.1) is 0 Å². The fourth-order valence-electron chi connectivity index (χ4n) is 1.45. The number of carboxylic acid groups (broad SMARTS) is 1. The van der Waals surface area contributed by atoms with Gasteiger partial charge in [0.25, 0.3) is 0 Å². The Balaban J connectivity index is 3.22. The lowest BCUT2D eigenvalue weighted by molar-refractivity contribution is -0.136. The van der Waals surface area contributed by atoms with Crippen LogP contribution < -0.4 is 0 Å². The minimum absolute atomic E-state index is 0.201. The van der Waals surface area contributed by atoms with E-state index in [1.54, 1.807) is 39.1 Å². The molecule has 0 saturated carbocycles. The van der Waals surface area contributed by atoms with E-state index in [1.807, 2.05) is 6.92 Å². The zero-order chi connectivity index (χ0) is 13.9. The van der Waals surface area contributed by atoms with Crippen molar-refractivity contribution in [2.24, 2.45) is 5.41 Å². The molecule has 1 rings (SSSR count). The lowest BCUT2D eigenvalue weighted by Crippen LogP contribution is -2.25. The molecule has 1 N–H and O–H groups in total. The summed E-state index contributed by atoms with van der Waals surface area (Å²) in [6.07, 6.45) is 2.98. The maximum Gasteiger partial charge on any atom is 0.339 e. The summed E-state index contributed by atoms with van der Waals surface area (Å²) in [6.45, 7) is 6.90. The van der Waals surface area contributed by atoms with E-state index in [-0.39, 0.29) is 11.4 Å². The summed E-state index contributed by atoms with van der Waals surface area (Å²) in [4.78, 5) is 27.2. The summed E-state index contributed by atoms with van der Waals surface area (Å²) >= 11 is 0. The van der Waals surface area contributed by atoms with E-state index >= 15 is 0 Å². The van der Waals surface area contributed by atoms with Crippen LogP contribution in [0.15, 0.2) is 23.9 Å². The number of hydrogen-bond acceptors (Lipinski definition) is 3. The first-order chi connectivity index (χ1) is 8.21. The molecule has 0 amide bonds. The third-order valence-corrected chi connectivity index (χ3v) is 2.39. The van der Waals surface area contributed by atoms with Crippen LogP contribution in [0.3, 0.4) is 0 Å². The molecular formula is C14H17NO3. The maximum atomic E-state index is 12.0. The first-order valence-electron chi connectivity index (χ1n) is 5.64. The average Bonchev–Trinajstić information content (AvgIpc) is 2.23. The summed E-state index contributed by atoms with van der Waals surface area (Å²) in [6, 6.07) is 3.41. The van der Waals surface area contributed by atoms with Crippen LogP contribution in [0.2, 0.25) is 0 Å². The molecule has 0 atom stereocenters. The van der Waals surface area contributed by atoms with Crippen LogP contribution in [0.4, 0.5) is 0 Å². The Morgan fingerprint density at radius 3 is 2.39 bits per heavy atom. The summed E-state index contributed by atoms with van der Waals surface area (Å²) in [5, 5.41) is 9.13. The summed E-state index contributed by atoms with van der Waals surface area (Å²) in [5.74, 6) is -1.59. The second kappa shape index (κ2) is 5.12. The van der Waals surface area contributed by atoms with Crippen LogP contribution in [-0.4, -0.2) is 21.8 Å². The topological polar surface area (TPSA) is 67.3 Å². The molecule has 0 aliphatic heterocycles. The van der Waals surface area contributed by atoms with Crippen molar-refractivity contribution >= 4 is 17.8 Å². The van der Waals surface area contributed by atoms with E-state index in [9.17, 15) is 9.59 Å². The van der Waals surface area contributed by atoms with Crippen LogP contribution in [0.25, 0.3) is 6.08 Å². The zero-order valence-corrected chi connectivity index (χ0v) is 11.0. The number of aryl methyl sites for hydroxylation is 1. The molecule has 0 aliphatic rings. The van der Waals surface area contributed by atoms with Crippen molar-refractivity contribution in [2.45, 2.75) is 27.7 Å². The van der Waals surface area contributed by atoms with Crippen molar-refractivity contribution in [3.63, 3.8) is 0 Å². The van der Waals surface area contributed by atoms with E-state index in [1.165, 1.54) is 6.08 Å². The van der Waals surface area contributed by atoms with Gasteiger partial charge >= 0.3 is 5.97 Å². The largest absolute Gasteiger partial charge is 0.478 e. The third-order valence-electron chi connectivity index (χ3n) is 2.39. The zero-order valence-electron chi connectivity index (χ0n) is 11.0. The lowest BCUT2D eigenvalue weighted by Gasteiger charge is -2.16. The first kappa shape index (κ1) is 14.1. The van der Waals surface area contributed by atoms with Crippen LogP contribution in [0.1, 0.15) is 32.0 Å². The molecule has 0 fully saturated rings. The SMILES string of the molecule is Cc1cc(C=C(C(=O)O)C(=O)C(C)(C)C)ccn1. The Hall–Kier alpha value is -1.97. The number of ketones is 1. The van der Waals surface area contributed by atoms with Crippen molar-refractivity contribution in [3.05, 3.63) is 35.2 Å². The lowest BCUT2D eigenvalue weighted by atomic mass is 9.85. The smallest absolute Gasteiger partial charge is 0.339 e. The van der Waals surface area contributed by atoms with Gasteiger partial charge in [-0.25, -0.2) is 4.79 Å². The Morgan fingerprint density at radius 1 is 1.33 bits per heavy atom. The maximum absolute atomic E-state index is 12.0. The molecule has 0 bridgehead atoms. The van der Waals surface area contributed by atoms with Gasteiger partial charge in [0.2, 0.25) is 0 Å². The number of carboxylic acids is 1. The molecule has 0 unspecified atom stereocenters. The highest BCUT2D eigenvalue weighted by Crippen LogP contribution is 2.21. The Labute approximate surface area is 106 Å². The second-order valence-electron chi connectivity index (χ2n) is 5.17. The molecule has 0 radical (unpaired) electrons. The molecule has 1 aromatic rings. The van der Waals surface area contributed by atoms with Gasteiger partial charge in [0, 0.05) is 17.3 Å². The van der Waals surface area contributed by atoms with Crippen molar-refractivity contribution in [2.75, 3.05) is 0 Å². The molecule has 18 heavy (non-hydrogen) atoms. The number of aromatic nitrogens is 1. The Kier molecular flexibility index (Phi) is 4.01. The summed E-state index contributed by atoms with van der Waals surface area (Å²) in [7, 11) is 0. The third kappa shape index (κ3) is 3.52. The average molecular weight is 247 g/mol. The highest BCUT2D eigenvalue weighted by atomic mass is 16.4. The van der Waals surface area contributed by atoms with E-state index in [0.717, 1.165) is 5.69 Å². The van der Waals surface area contributed by atoms with Crippen LogP contribution in [0, 0.1) is 12.3 Å². The second-order valence-corrected chi connectivity index (χ2v) is 5.17. The van der Waals surface area contributed by atoms with Gasteiger partial charge in [0.05, 0.1) is 0 Å². The number of hydrogen-bond donors (Lipinski definition) is 1. The van der Waals surface area contributed by atoms with E-state index in [2.05, 4.69) is 4.98 Å². The molecular weight excluding hydrogens is 230 g/mol. The number of carbonyl (C=O) groups excluding carboxylic acids is 1. The van der Waals surface area contributed by atoms with Gasteiger partial charge in [-0.05, 0) is 30.7 Å². The molecule has 4 heteroatoms. The van der Waals surface area contributed by atoms with Gasteiger partial charge in [-0.1, -0.05) is 20.8 Å². The number of rotatable bonds is 3. The molecule has 0 spiro atoms. The molecule has 1 heterocycles. The van der Waals surface area contributed by atoms with Crippen LogP contribution in [-0.2, 0) is 9.59 Å². The molecule has 0 aromatic carbocycles. The highest BCUT2D eigenvalue weighted by molar-refractivity contribution is 6.21. The molecule has 1 aromatic heterocycles. The minimum atomic E-state index is -1.20. The van der Waals surface area contributed by atoms with Gasteiger partial charge in [0.1, 0.15) is 5.57 Å². The van der Waals surface area contributed by atoms with Crippen molar-refractivity contribution in [1.82, 2.24) is 4.98 Å². The number of pyridine rings is 1. The normalized spacial score (nSPS) is 12.3. The fourth-order valence-corrected chi connectivity index (χ4v) is 1.45. The van der Waals surface area contributed by atoms with Crippen LogP contribution >= 0.6 is 0 Å². The quantitative estimate of drug-likeness (QED) is 0.506. The highest BCUT2D eigenvalue weighted by Gasteiger charge is 2.28. The molecule has 96 valence electrons. The standard InChI is InChI=1S/C14H17NO3/c1-9-7-10(5-6-15-9)8-11(13(17)18)12(16)14(2,3)4/h5-8H,1-4H3,(H,17,18). The first-order valence-corrected chi connectivity index (χ1v) is 5.64. The Bertz CT molecular complexity index is 510.